The summed E-state index contributed by atoms with van der Waals surface area (Å²) in [6, 6.07) is 6.00. The molecule has 3 heterocycles. The molecule has 1 saturated carbocycles. The van der Waals surface area contributed by atoms with Crippen molar-refractivity contribution in [3.05, 3.63) is 29.7 Å². The molecule has 9 heteroatoms. The minimum atomic E-state index is -0.497. The third kappa shape index (κ3) is 4.68. The molecule has 1 amide bonds. The van der Waals surface area contributed by atoms with Crippen LogP contribution in [0.25, 0.3) is 11.4 Å². The molecule has 0 spiro atoms. The van der Waals surface area contributed by atoms with E-state index in [9.17, 15) is 9.90 Å². The third-order valence-corrected chi connectivity index (χ3v) is 6.30. The van der Waals surface area contributed by atoms with Gasteiger partial charge in [-0.25, -0.2) is 4.79 Å². The van der Waals surface area contributed by atoms with Crippen molar-refractivity contribution in [3.63, 3.8) is 0 Å². The lowest BCUT2D eigenvalue weighted by Crippen LogP contribution is -2.41. The van der Waals surface area contributed by atoms with Gasteiger partial charge >= 0.3 is 6.09 Å². The molecule has 0 atom stereocenters. The highest BCUT2D eigenvalue weighted by Gasteiger charge is 2.33. The van der Waals surface area contributed by atoms with Gasteiger partial charge in [0.05, 0.1) is 11.7 Å². The Bertz CT molecular complexity index is 1100. The Kier molecular flexibility index (Phi) is 5.52. The number of nitrogens with zero attached hydrogens (tertiary/aromatic N) is 5. The standard InChI is InChI=1S/C24H30N5O4/c1-24(2,3)32-23(31)28-8-6-16(7-9-28)22-26-21(27-33-22)17-4-5-18-13-25-29(20(18)12-17)14-15-10-19(30)11-15/h4-5,12-16,19,30H,6-11H2,1-3H3/q+1/b29-14+. The SMILES string of the molecule is CC(C)(C)OC(=O)N1CCC(c2nc(-c3ccc4c(c3)/[N+](=C\C3CC(O)C3)N=C4)no2)CC1. The van der Waals surface area contributed by atoms with Crippen molar-refractivity contribution in [2.75, 3.05) is 13.1 Å². The molecule has 0 bridgehead atoms. The fraction of sp³-hybridized carbons (Fsp3) is 0.542. The normalized spacial score (nSPS) is 24.1. The summed E-state index contributed by atoms with van der Waals surface area (Å²) in [5, 5.41) is 18.2. The van der Waals surface area contributed by atoms with Crippen LogP contribution in [-0.4, -0.2) is 68.1 Å². The maximum Gasteiger partial charge on any atom is 0.410 e. The van der Waals surface area contributed by atoms with Crippen LogP contribution in [0.1, 0.15) is 63.8 Å². The number of aliphatic hydroxyl groups excluding tert-OH is 1. The number of aromatic nitrogens is 2. The van der Waals surface area contributed by atoms with Gasteiger partial charge in [0.15, 0.2) is 6.21 Å². The van der Waals surface area contributed by atoms with Gasteiger partial charge in [-0.3, -0.25) is 0 Å². The summed E-state index contributed by atoms with van der Waals surface area (Å²) >= 11 is 0. The Balaban J connectivity index is 1.25. The Hall–Kier alpha value is -3.07. The van der Waals surface area contributed by atoms with Gasteiger partial charge in [-0.05, 0) is 63.7 Å². The van der Waals surface area contributed by atoms with Crippen LogP contribution < -0.4 is 0 Å². The number of piperidine rings is 1. The number of carbonyl (C=O) groups is 1. The van der Waals surface area contributed by atoms with Crippen LogP contribution in [-0.2, 0) is 4.74 Å². The largest absolute Gasteiger partial charge is 0.444 e. The van der Waals surface area contributed by atoms with E-state index < -0.39 is 5.60 Å². The second-order valence-electron chi connectivity index (χ2n) is 10.1. The predicted octanol–water partition coefficient (Wildman–Crippen LogP) is 3.68. The summed E-state index contributed by atoms with van der Waals surface area (Å²) in [6.45, 7) is 6.83. The van der Waals surface area contributed by atoms with Gasteiger partial charge in [-0.15, -0.1) is 0 Å². The van der Waals surface area contributed by atoms with Gasteiger partial charge in [0.25, 0.3) is 0 Å². The molecule has 0 radical (unpaired) electrons. The van der Waals surface area contributed by atoms with Crippen LogP contribution in [0.15, 0.2) is 27.8 Å². The number of benzene rings is 1. The van der Waals surface area contributed by atoms with Crippen molar-refractivity contribution >= 4 is 24.2 Å². The number of rotatable bonds is 3. The lowest BCUT2D eigenvalue weighted by Gasteiger charge is -2.32. The van der Waals surface area contributed by atoms with Crippen molar-refractivity contribution in [3.8, 4) is 11.4 Å². The minimum absolute atomic E-state index is 0.123. The first kappa shape index (κ1) is 21.8. The Labute approximate surface area is 192 Å². The molecule has 3 aliphatic rings. The first-order valence-corrected chi connectivity index (χ1v) is 11.6. The fourth-order valence-electron chi connectivity index (χ4n) is 4.40. The zero-order chi connectivity index (χ0) is 23.2. The molecule has 0 unspecified atom stereocenters. The summed E-state index contributed by atoms with van der Waals surface area (Å²) in [5.74, 6) is 1.62. The van der Waals surface area contributed by atoms with Crippen LogP contribution in [0.4, 0.5) is 10.5 Å². The van der Waals surface area contributed by atoms with Crippen molar-refractivity contribution in [1.29, 1.82) is 0 Å². The van der Waals surface area contributed by atoms with Gasteiger partial charge in [0, 0.05) is 36.6 Å². The average molecular weight is 453 g/mol. The molecule has 33 heavy (non-hydrogen) atoms. The number of aliphatic hydroxyl groups is 1. The zero-order valence-corrected chi connectivity index (χ0v) is 19.3. The van der Waals surface area contributed by atoms with Crippen molar-refractivity contribution in [2.45, 2.75) is 64.1 Å². The highest BCUT2D eigenvalue weighted by atomic mass is 16.6. The molecule has 1 N–H and O–H groups in total. The van der Waals surface area contributed by atoms with E-state index in [4.69, 9.17) is 9.26 Å². The third-order valence-electron chi connectivity index (χ3n) is 6.30. The molecule has 9 nitrogen and oxygen atoms in total. The van der Waals surface area contributed by atoms with Crippen LogP contribution in [0.2, 0.25) is 0 Å². The topological polar surface area (TPSA) is 104 Å². The van der Waals surface area contributed by atoms with Gasteiger partial charge in [-0.2, -0.15) is 4.98 Å². The van der Waals surface area contributed by atoms with E-state index >= 15 is 0 Å². The first-order valence-electron chi connectivity index (χ1n) is 11.6. The molecule has 2 aliphatic heterocycles. The van der Waals surface area contributed by atoms with Crippen LogP contribution >= 0.6 is 0 Å². The van der Waals surface area contributed by atoms with Gasteiger partial charge in [0.1, 0.15) is 11.8 Å². The van der Waals surface area contributed by atoms with Crippen LogP contribution in [0, 0.1) is 5.92 Å². The number of fused-ring (bicyclic) bond motifs is 1. The van der Waals surface area contributed by atoms with Gasteiger partial charge in [0.2, 0.25) is 17.4 Å². The number of carbonyl (C=O) groups excluding carboxylic acids is 1. The van der Waals surface area contributed by atoms with Gasteiger partial charge < -0.3 is 19.3 Å². The van der Waals surface area contributed by atoms with Crippen molar-refractivity contribution in [2.24, 2.45) is 11.0 Å². The molecular formula is C24H30N5O4+. The number of hydrazone groups is 1. The highest BCUT2D eigenvalue weighted by molar-refractivity contribution is 5.89. The van der Waals surface area contributed by atoms with E-state index in [-0.39, 0.29) is 18.1 Å². The zero-order valence-electron chi connectivity index (χ0n) is 19.3. The van der Waals surface area contributed by atoms with E-state index in [2.05, 4.69) is 21.5 Å². The monoisotopic (exact) mass is 452 g/mol. The molecule has 2 aromatic rings. The van der Waals surface area contributed by atoms with E-state index in [1.54, 1.807) is 4.90 Å². The molecule has 174 valence electrons. The van der Waals surface area contributed by atoms with Crippen molar-refractivity contribution in [1.82, 2.24) is 15.0 Å². The summed E-state index contributed by atoms with van der Waals surface area (Å²) in [6.07, 6.45) is 6.51. The lowest BCUT2D eigenvalue weighted by atomic mass is 9.83. The molecule has 1 aromatic heterocycles. The van der Waals surface area contributed by atoms with E-state index in [1.165, 1.54) is 0 Å². The van der Waals surface area contributed by atoms with Gasteiger partial charge in [-0.1, -0.05) is 9.84 Å². The first-order chi connectivity index (χ1) is 15.7. The fourth-order valence-corrected chi connectivity index (χ4v) is 4.40. The Morgan fingerprint density at radius 3 is 2.73 bits per heavy atom. The lowest BCUT2D eigenvalue weighted by molar-refractivity contribution is -0.438. The smallest absolute Gasteiger partial charge is 0.410 e. The predicted molar refractivity (Wildman–Crippen MR) is 122 cm³/mol. The minimum Gasteiger partial charge on any atom is -0.444 e. The molecule has 1 aromatic carbocycles. The van der Waals surface area contributed by atoms with Crippen molar-refractivity contribution < 1.29 is 23.8 Å². The molecular weight excluding hydrogens is 422 g/mol. The number of hydrogen-bond donors (Lipinski definition) is 1. The Morgan fingerprint density at radius 2 is 2.03 bits per heavy atom. The number of likely N-dealkylation sites (tertiary alicyclic amines) is 1. The molecule has 1 saturated heterocycles. The second-order valence-corrected chi connectivity index (χ2v) is 10.1. The quantitative estimate of drug-likeness (QED) is 0.713. The van der Waals surface area contributed by atoms with E-state index in [1.807, 2.05) is 49.9 Å². The number of ether oxygens (including phenoxy) is 1. The molecule has 1 aliphatic carbocycles. The average Bonchev–Trinajstić information content (AvgIpc) is 3.39. The maximum atomic E-state index is 12.3. The summed E-state index contributed by atoms with van der Waals surface area (Å²) in [7, 11) is 0. The Morgan fingerprint density at radius 1 is 1.27 bits per heavy atom. The summed E-state index contributed by atoms with van der Waals surface area (Å²) in [5.41, 5.74) is 2.38. The highest BCUT2D eigenvalue weighted by Crippen LogP contribution is 2.33. The number of amides is 1. The second kappa shape index (κ2) is 8.37. The van der Waals surface area contributed by atoms with Crippen LogP contribution in [0.5, 0.6) is 0 Å². The van der Waals surface area contributed by atoms with E-state index in [0.29, 0.717) is 30.7 Å². The summed E-state index contributed by atoms with van der Waals surface area (Å²) < 4.78 is 13.0. The van der Waals surface area contributed by atoms with Crippen LogP contribution in [0.3, 0.4) is 0 Å². The number of hydrogen-bond acceptors (Lipinski definition) is 7. The van der Waals surface area contributed by atoms with E-state index in [0.717, 1.165) is 42.5 Å². The molecule has 2 fully saturated rings. The maximum absolute atomic E-state index is 12.3. The molecule has 5 rings (SSSR count). The summed E-state index contributed by atoms with van der Waals surface area (Å²) in [4.78, 5) is 18.7.